The average molecular weight is 377 g/mol. The number of halogens is 3. The summed E-state index contributed by atoms with van der Waals surface area (Å²) in [7, 11) is 1.65. The summed E-state index contributed by atoms with van der Waals surface area (Å²) in [6.45, 7) is 3.10. The van der Waals surface area contributed by atoms with Gasteiger partial charge in [-0.25, -0.2) is 9.97 Å². The summed E-state index contributed by atoms with van der Waals surface area (Å²) < 4.78 is 37.4. The molecule has 0 unspecified atom stereocenters. The first kappa shape index (κ1) is 18.7. The molecule has 132 valence electrons. The SMILES string of the molecule is CN=C(NCCc1csc(C)n1)NCCc1nc(C(F)(F)F)cs1. The lowest BCUT2D eigenvalue weighted by Gasteiger charge is -2.10. The van der Waals surface area contributed by atoms with E-state index in [-0.39, 0.29) is 0 Å². The molecule has 0 saturated heterocycles. The van der Waals surface area contributed by atoms with E-state index in [0.29, 0.717) is 30.5 Å². The maximum absolute atomic E-state index is 12.5. The molecule has 0 aliphatic carbocycles. The maximum Gasteiger partial charge on any atom is 0.434 e. The van der Waals surface area contributed by atoms with E-state index in [1.165, 1.54) is 0 Å². The van der Waals surface area contributed by atoms with Gasteiger partial charge < -0.3 is 10.6 Å². The summed E-state index contributed by atoms with van der Waals surface area (Å²) in [6, 6.07) is 0. The van der Waals surface area contributed by atoms with Crippen molar-refractivity contribution in [3.63, 3.8) is 0 Å². The Kier molecular flexibility index (Phi) is 6.55. The molecule has 2 heterocycles. The zero-order chi connectivity index (χ0) is 17.6. The van der Waals surface area contributed by atoms with Gasteiger partial charge in [-0.1, -0.05) is 0 Å². The Morgan fingerprint density at radius 2 is 1.83 bits per heavy atom. The number of nitrogens with zero attached hydrogens (tertiary/aromatic N) is 3. The molecular formula is C14H18F3N5S2. The molecule has 0 aliphatic heterocycles. The summed E-state index contributed by atoms with van der Waals surface area (Å²) in [4.78, 5) is 12.1. The van der Waals surface area contributed by atoms with Gasteiger partial charge in [0.05, 0.1) is 15.7 Å². The minimum absolute atomic E-state index is 0.409. The number of hydrogen-bond donors (Lipinski definition) is 2. The van der Waals surface area contributed by atoms with Crippen molar-refractivity contribution in [3.8, 4) is 0 Å². The molecule has 0 aromatic carbocycles. The minimum Gasteiger partial charge on any atom is -0.356 e. The van der Waals surface area contributed by atoms with Crippen molar-refractivity contribution in [3.05, 3.63) is 32.2 Å². The van der Waals surface area contributed by atoms with E-state index >= 15 is 0 Å². The molecule has 0 bridgehead atoms. The fraction of sp³-hybridized carbons (Fsp3) is 0.500. The molecule has 0 spiro atoms. The van der Waals surface area contributed by atoms with Gasteiger partial charge >= 0.3 is 6.18 Å². The fourth-order valence-electron chi connectivity index (χ4n) is 1.90. The summed E-state index contributed by atoms with van der Waals surface area (Å²) in [6.07, 6.45) is -3.19. The molecule has 0 atom stereocenters. The highest BCUT2D eigenvalue weighted by Crippen LogP contribution is 2.29. The van der Waals surface area contributed by atoms with Crippen molar-refractivity contribution in [2.45, 2.75) is 25.9 Å². The van der Waals surface area contributed by atoms with Crippen LogP contribution < -0.4 is 10.6 Å². The van der Waals surface area contributed by atoms with Crippen LogP contribution in [0, 0.1) is 6.92 Å². The first-order valence-corrected chi connectivity index (χ1v) is 9.01. The molecular weight excluding hydrogens is 359 g/mol. The number of aliphatic imine (C=N–C) groups is 1. The van der Waals surface area contributed by atoms with Crippen molar-refractivity contribution in [1.29, 1.82) is 0 Å². The van der Waals surface area contributed by atoms with E-state index in [0.717, 1.165) is 33.8 Å². The molecule has 0 aliphatic rings. The van der Waals surface area contributed by atoms with E-state index in [1.807, 2.05) is 12.3 Å². The normalized spacial score (nSPS) is 12.5. The van der Waals surface area contributed by atoms with Crippen LogP contribution in [0.15, 0.2) is 15.8 Å². The molecule has 2 aromatic heterocycles. The van der Waals surface area contributed by atoms with Crippen molar-refractivity contribution < 1.29 is 13.2 Å². The topological polar surface area (TPSA) is 62.2 Å². The van der Waals surface area contributed by atoms with Crippen LogP contribution in [0.5, 0.6) is 0 Å². The average Bonchev–Trinajstić information content (AvgIpc) is 3.14. The van der Waals surface area contributed by atoms with Gasteiger partial charge in [0.25, 0.3) is 0 Å². The quantitative estimate of drug-likeness (QED) is 0.600. The number of rotatable bonds is 6. The van der Waals surface area contributed by atoms with Gasteiger partial charge in [0.15, 0.2) is 11.7 Å². The van der Waals surface area contributed by atoms with Crippen LogP contribution in [-0.2, 0) is 19.0 Å². The highest BCUT2D eigenvalue weighted by Gasteiger charge is 2.33. The van der Waals surface area contributed by atoms with Crippen LogP contribution in [0.4, 0.5) is 13.2 Å². The monoisotopic (exact) mass is 377 g/mol. The Labute approximate surface area is 146 Å². The van der Waals surface area contributed by atoms with E-state index in [9.17, 15) is 13.2 Å². The molecule has 10 heteroatoms. The number of aromatic nitrogens is 2. The van der Waals surface area contributed by atoms with Gasteiger partial charge in [0, 0.05) is 43.7 Å². The molecule has 0 fully saturated rings. The number of hydrogen-bond acceptors (Lipinski definition) is 5. The Bertz CT molecular complexity index is 678. The van der Waals surface area contributed by atoms with Crippen LogP contribution in [0.3, 0.4) is 0 Å². The van der Waals surface area contributed by atoms with E-state index in [1.54, 1.807) is 18.4 Å². The molecule has 5 nitrogen and oxygen atoms in total. The standard InChI is InChI=1S/C14H18F3N5S2/c1-9-21-10(7-23-9)3-5-19-13(18-2)20-6-4-12-22-11(8-24-12)14(15,16)17/h7-8H,3-6H2,1-2H3,(H2,18,19,20). The number of guanidine groups is 1. The summed E-state index contributed by atoms with van der Waals surface area (Å²) >= 11 is 2.63. The van der Waals surface area contributed by atoms with Crippen molar-refractivity contribution in [2.24, 2.45) is 4.99 Å². The number of thiazole rings is 2. The Hall–Kier alpha value is -1.68. The second kappa shape index (κ2) is 8.43. The highest BCUT2D eigenvalue weighted by atomic mass is 32.1. The van der Waals surface area contributed by atoms with Crippen molar-refractivity contribution >= 4 is 28.6 Å². The zero-order valence-electron chi connectivity index (χ0n) is 13.3. The predicted molar refractivity (Wildman–Crippen MR) is 90.7 cm³/mol. The lowest BCUT2D eigenvalue weighted by molar-refractivity contribution is -0.140. The molecule has 0 radical (unpaired) electrons. The van der Waals surface area contributed by atoms with Gasteiger partial charge in [0.2, 0.25) is 0 Å². The predicted octanol–water partition coefficient (Wildman–Crippen LogP) is 2.88. The van der Waals surface area contributed by atoms with Crippen molar-refractivity contribution in [2.75, 3.05) is 20.1 Å². The van der Waals surface area contributed by atoms with Crippen LogP contribution in [-0.4, -0.2) is 36.1 Å². The van der Waals surface area contributed by atoms with Gasteiger partial charge in [-0.3, -0.25) is 4.99 Å². The number of nitrogens with one attached hydrogen (secondary N) is 2. The summed E-state index contributed by atoms with van der Waals surface area (Å²) in [5.41, 5.74) is 0.200. The Morgan fingerprint density at radius 1 is 1.12 bits per heavy atom. The van der Waals surface area contributed by atoms with Gasteiger partial charge in [-0.05, 0) is 6.92 Å². The minimum atomic E-state index is -4.38. The molecule has 0 amide bonds. The highest BCUT2D eigenvalue weighted by molar-refractivity contribution is 7.09. The summed E-state index contributed by atoms with van der Waals surface area (Å²) in [5.74, 6) is 0.606. The lowest BCUT2D eigenvalue weighted by atomic mass is 10.3. The molecule has 2 rings (SSSR count). The van der Waals surface area contributed by atoms with Gasteiger partial charge in [-0.15, -0.1) is 22.7 Å². The Morgan fingerprint density at radius 3 is 2.38 bits per heavy atom. The first-order chi connectivity index (χ1) is 11.4. The molecule has 24 heavy (non-hydrogen) atoms. The lowest BCUT2D eigenvalue weighted by Crippen LogP contribution is -2.39. The number of alkyl halides is 3. The summed E-state index contributed by atoms with van der Waals surface area (Å²) in [5, 5.41) is 10.8. The van der Waals surface area contributed by atoms with E-state index < -0.39 is 11.9 Å². The van der Waals surface area contributed by atoms with Crippen LogP contribution in [0.2, 0.25) is 0 Å². The van der Waals surface area contributed by atoms with E-state index in [2.05, 4.69) is 25.6 Å². The number of aryl methyl sites for hydroxylation is 1. The molecule has 0 saturated carbocycles. The third-order valence-electron chi connectivity index (χ3n) is 3.04. The largest absolute Gasteiger partial charge is 0.434 e. The third-order valence-corrected chi connectivity index (χ3v) is 4.77. The molecule has 2 aromatic rings. The van der Waals surface area contributed by atoms with Crippen LogP contribution >= 0.6 is 22.7 Å². The third kappa shape index (κ3) is 5.75. The first-order valence-electron chi connectivity index (χ1n) is 7.25. The fourth-order valence-corrected chi connectivity index (χ4v) is 3.35. The zero-order valence-corrected chi connectivity index (χ0v) is 14.9. The molecule has 2 N–H and O–H groups in total. The van der Waals surface area contributed by atoms with Gasteiger partial charge in [-0.2, -0.15) is 13.2 Å². The second-order valence-corrected chi connectivity index (χ2v) is 6.91. The Balaban J connectivity index is 1.70. The van der Waals surface area contributed by atoms with Crippen LogP contribution in [0.25, 0.3) is 0 Å². The maximum atomic E-state index is 12.5. The van der Waals surface area contributed by atoms with Gasteiger partial charge in [0.1, 0.15) is 0 Å². The van der Waals surface area contributed by atoms with Crippen molar-refractivity contribution in [1.82, 2.24) is 20.6 Å². The van der Waals surface area contributed by atoms with Crippen LogP contribution in [0.1, 0.15) is 21.4 Å². The van der Waals surface area contributed by atoms with E-state index in [4.69, 9.17) is 0 Å². The smallest absolute Gasteiger partial charge is 0.356 e. The second-order valence-electron chi connectivity index (χ2n) is 4.91.